The molecule has 3 aromatic heterocycles. The molecule has 11 heteroatoms. The number of anilines is 2. The van der Waals surface area contributed by atoms with Crippen LogP contribution >= 0.6 is 11.9 Å². The van der Waals surface area contributed by atoms with Crippen molar-refractivity contribution in [3.8, 4) is 5.88 Å². The number of morpholine rings is 1. The number of carbonyl (C=O) groups excluding carboxylic acids is 1. The maximum atomic E-state index is 12.4. The molecule has 10 nitrogen and oxygen atoms in total. The second kappa shape index (κ2) is 13.4. The summed E-state index contributed by atoms with van der Waals surface area (Å²) >= 11 is 1.26. The molecular weight excluding hydrogens is 490 g/mol. The lowest BCUT2D eigenvalue weighted by atomic mass is 9.93. The van der Waals surface area contributed by atoms with E-state index in [2.05, 4.69) is 29.9 Å². The van der Waals surface area contributed by atoms with Crippen LogP contribution < -0.4 is 19.7 Å². The zero-order valence-corrected chi connectivity index (χ0v) is 22.5. The Labute approximate surface area is 222 Å². The number of aromatic nitrogens is 4. The van der Waals surface area contributed by atoms with Gasteiger partial charge in [-0.25, -0.2) is 9.97 Å². The Bertz CT molecular complexity index is 1150. The minimum atomic E-state index is -0.190. The maximum Gasteiger partial charge on any atom is 0.262 e. The first-order valence-corrected chi connectivity index (χ1v) is 14.1. The van der Waals surface area contributed by atoms with E-state index < -0.39 is 0 Å². The summed E-state index contributed by atoms with van der Waals surface area (Å²) in [6.45, 7) is 6.87. The van der Waals surface area contributed by atoms with Crippen LogP contribution in [-0.4, -0.2) is 70.5 Å². The number of amides is 1. The largest absolute Gasteiger partial charge is 0.474 e. The number of hydrogen-bond donors (Lipinski definition) is 2. The Balaban J connectivity index is 0.00000156. The van der Waals surface area contributed by atoms with Crippen LogP contribution in [0.4, 0.5) is 11.8 Å². The quantitative estimate of drug-likeness (QED) is 0.437. The molecule has 0 radical (unpaired) electrons. The van der Waals surface area contributed by atoms with E-state index in [4.69, 9.17) is 14.5 Å². The monoisotopic (exact) mass is 525 g/mol. The first kappa shape index (κ1) is 26.9. The number of pyridine rings is 2. The van der Waals surface area contributed by atoms with E-state index in [9.17, 15) is 4.79 Å². The van der Waals surface area contributed by atoms with Crippen molar-refractivity contribution in [1.29, 1.82) is 0 Å². The number of fused-ring (bicyclic) bond motifs is 1. The summed E-state index contributed by atoms with van der Waals surface area (Å²) in [7, 11) is 0. The minimum Gasteiger partial charge on any atom is -0.474 e. The van der Waals surface area contributed by atoms with Crippen LogP contribution in [0.25, 0.3) is 10.9 Å². The van der Waals surface area contributed by atoms with Crippen LogP contribution in [0.15, 0.2) is 36.8 Å². The van der Waals surface area contributed by atoms with Crippen LogP contribution in [0, 0.1) is 0 Å². The Hall–Kier alpha value is -3.18. The van der Waals surface area contributed by atoms with Crippen molar-refractivity contribution in [3.63, 3.8) is 0 Å². The van der Waals surface area contributed by atoms with E-state index in [0.29, 0.717) is 36.6 Å². The fraction of sp³-hybridized carbons (Fsp3) is 0.500. The number of nitrogens with one attached hydrogen (secondary N) is 2. The Kier molecular flexibility index (Phi) is 9.72. The smallest absolute Gasteiger partial charge is 0.262 e. The summed E-state index contributed by atoms with van der Waals surface area (Å²) < 4.78 is 14.7. The first-order chi connectivity index (χ1) is 18.2. The van der Waals surface area contributed by atoms with Crippen molar-refractivity contribution in [1.82, 2.24) is 24.7 Å². The van der Waals surface area contributed by atoms with Gasteiger partial charge in [-0.05, 0) is 37.8 Å². The van der Waals surface area contributed by atoms with E-state index in [1.165, 1.54) is 11.9 Å². The van der Waals surface area contributed by atoms with Gasteiger partial charge in [0.1, 0.15) is 11.9 Å². The molecule has 37 heavy (non-hydrogen) atoms. The lowest BCUT2D eigenvalue weighted by molar-refractivity contribution is 0.0984. The van der Waals surface area contributed by atoms with Crippen LogP contribution in [-0.2, 0) is 4.74 Å². The van der Waals surface area contributed by atoms with Crippen molar-refractivity contribution in [2.45, 2.75) is 51.7 Å². The molecule has 3 aromatic rings. The highest BCUT2D eigenvalue weighted by molar-refractivity contribution is 7.97. The molecule has 2 N–H and O–H groups in total. The van der Waals surface area contributed by atoms with E-state index >= 15 is 0 Å². The highest BCUT2D eigenvalue weighted by Crippen LogP contribution is 2.32. The van der Waals surface area contributed by atoms with Crippen LogP contribution in [0.2, 0.25) is 0 Å². The number of hydrogen-bond acceptors (Lipinski definition) is 10. The predicted octanol–water partition coefficient (Wildman–Crippen LogP) is 4.09. The summed E-state index contributed by atoms with van der Waals surface area (Å²) in [5.41, 5.74) is 1.24. The van der Waals surface area contributed by atoms with Crippen molar-refractivity contribution in [2.24, 2.45) is 0 Å². The Morgan fingerprint density at radius 3 is 2.51 bits per heavy atom. The van der Waals surface area contributed by atoms with Gasteiger partial charge in [-0.1, -0.05) is 25.8 Å². The van der Waals surface area contributed by atoms with Gasteiger partial charge < -0.3 is 19.7 Å². The van der Waals surface area contributed by atoms with Crippen molar-refractivity contribution in [3.05, 3.63) is 42.4 Å². The summed E-state index contributed by atoms with van der Waals surface area (Å²) in [4.78, 5) is 32.6. The molecule has 1 amide bonds. The second-order valence-corrected chi connectivity index (χ2v) is 9.23. The van der Waals surface area contributed by atoms with Gasteiger partial charge in [0.05, 0.1) is 29.7 Å². The SMILES string of the molecule is CC.CSNC(=O)c1cnc2cc(N3CCOCC3)nc(OC3CCC(Nc4ncccn4)CC3)c2c1. The number of rotatable bonds is 7. The minimum absolute atomic E-state index is 0.0315. The van der Waals surface area contributed by atoms with E-state index in [1.54, 1.807) is 18.6 Å². The number of ether oxygens (including phenoxy) is 2. The normalized spacial score (nSPS) is 19.5. The zero-order chi connectivity index (χ0) is 26.0. The number of nitrogens with zero attached hydrogens (tertiary/aromatic N) is 5. The van der Waals surface area contributed by atoms with E-state index in [0.717, 1.165) is 55.5 Å². The molecular formula is C26H35N7O3S. The van der Waals surface area contributed by atoms with Gasteiger partial charge in [0.25, 0.3) is 5.91 Å². The molecule has 2 fully saturated rings. The lowest BCUT2D eigenvalue weighted by Crippen LogP contribution is -2.37. The third-order valence-electron chi connectivity index (χ3n) is 6.27. The molecule has 1 saturated carbocycles. The van der Waals surface area contributed by atoms with Gasteiger partial charge >= 0.3 is 0 Å². The van der Waals surface area contributed by atoms with E-state index in [1.807, 2.05) is 38.3 Å². The molecule has 0 aromatic carbocycles. The lowest BCUT2D eigenvalue weighted by Gasteiger charge is -2.31. The molecule has 1 aliphatic carbocycles. The molecule has 0 atom stereocenters. The molecule has 0 spiro atoms. The van der Waals surface area contributed by atoms with Crippen LogP contribution in [0.1, 0.15) is 49.9 Å². The van der Waals surface area contributed by atoms with Gasteiger partial charge in [0.2, 0.25) is 11.8 Å². The molecule has 1 aliphatic heterocycles. The molecule has 4 heterocycles. The van der Waals surface area contributed by atoms with Crippen molar-refractivity contribution >= 4 is 40.5 Å². The highest BCUT2D eigenvalue weighted by atomic mass is 32.2. The maximum absolute atomic E-state index is 12.4. The van der Waals surface area contributed by atoms with Crippen molar-refractivity contribution in [2.75, 3.05) is 42.8 Å². The fourth-order valence-electron chi connectivity index (χ4n) is 4.44. The third kappa shape index (κ3) is 6.98. The molecule has 0 bridgehead atoms. The van der Waals surface area contributed by atoms with Crippen LogP contribution in [0.3, 0.4) is 0 Å². The van der Waals surface area contributed by atoms with Gasteiger partial charge in [0.15, 0.2) is 0 Å². The number of carbonyl (C=O) groups is 1. The summed E-state index contributed by atoms with van der Waals surface area (Å²) in [6.07, 6.45) is 10.6. The predicted molar refractivity (Wildman–Crippen MR) is 147 cm³/mol. The average molecular weight is 526 g/mol. The van der Waals surface area contributed by atoms with Crippen molar-refractivity contribution < 1.29 is 14.3 Å². The average Bonchev–Trinajstić information content (AvgIpc) is 2.96. The Morgan fingerprint density at radius 2 is 1.81 bits per heavy atom. The second-order valence-electron chi connectivity index (χ2n) is 8.62. The third-order valence-corrected chi connectivity index (χ3v) is 6.66. The molecule has 0 unspecified atom stereocenters. The Morgan fingerprint density at radius 1 is 1.08 bits per heavy atom. The molecule has 198 valence electrons. The van der Waals surface area contributed by atoms with E-state index in [-0.39, 0.29) is 12.0 Å². The summed E-state index contributed by atoms with van der Waals surface area (Å²) in [5, 5.41) is 4.15. The topological polar surface area (TPSA) is 114 Å². The first-order valence-electron chi connectivity index (χ1n) is 12.9. The van der Waals surface area contributed by atoms with Gasteiger partial charge in [-0.15, -0.1) is 0 Å². The zero-order valence-electron chi connectivity index (χ0n) is 21.6. The molecule has 2 aliphatic rings. The molecule has 1 saturated heterocycles. The van der Waals surface area contributed by atoms with Gasteiger partial charge in [-0.3, -0.25) is 14.5 Å². The van der Waals surface area contributed by atoms with Crippen LogP contribution in [0.5, 0.6) is 5.88 Å². The molecule has 5 rings (SSSR count). The highest BCUT2D eigenvalue weighted by Gasteiger charge is 2.25. The van der Waals surface area contributed by atoms with Gasteiger partial charge in [-0.2, -0.15) is 4.98 Å². The summed E-state index contributed by atoms with van der Waals surface area (Å²) in [5.74, 6) is 1.81. The standard InChI is InChI=1S/C24H29N7O3S.C2H6/c1-35-30-22(32)16-13-19-20(27-15-16)14-21(31-9-11-33-12-10-31)29-23(19)34-18-5-3-17(4-6-18)28-24-25-7-2-8-26-24;1-2/h2,7-8,13-15,17-18H,3-6,9-12H2,1H3,(H,30,32)(H,25,26,28);1-2H3. The van der Waals surface area contributed by atoms with Gasteiger partial charge in [0, 0.05) is 50.0 Å². The fourth-order valence-corrected chi connectivity index (χ4v) is 4.74. The summed E-state index contributed by atoms with van der Waals surface area (Å²) in [6, 6.07) is 5.90.